The zero-order valence-electron chi connectivity index (χ0n) is 25.6. The van der Waals surface area contributed by atoms with Crippen LogP contribution in [0, 0.1) is 11.6 Å². The van der Waals surface area contributed by atoms with Crippen LogP contribution in [0.25, 0.3) is 5.69 Å². The van der Waals surface area contributed by atoms with Gasteiger partial charge in [-0.05, 0) is 31.4 Å². The predicted octanol–water partition coefficient (Wildman–Crippen LogP) is 0.391. The summed E-state index contributed by atoms with van der Waals surface area (Å²) in [5, 5.41) is 27.3. The summed E-state index contributed by atoms with van der Waals surface area (Å²) in [7, 11) is 0. The van der Waals surface area contributed by atoms with Crippen molar-refractivity contribution in [3.05, 3.63) is 41.6 Å². The number of aromatic nitrogens is 2. The van der Waals surface area contributed by atoms with E-state index >= 15 is 0 Å². The predicted molar refractivity (Wildman–Crippen MR) is 157 cm³/mol. The first-order chi connectivity index (χ1) is 22.9. The molecule has 0 spiro atoms. The van der Waals surface area contributed by atoms with E-state index in [4.69, 9.17) is 4.74 Å². The van der Waals surface area contributed by atoms with Crippen LogP contribution >= 0.6 is 0 Å². The number of halogens is 3. The van der Waals surface area contributed by atoms with Crippen LogP contribution in [0.15, 0.2) is 24.3 Å². The average molecular weight is 682 g/mol. The molecule has 0 bridgehead atoms. The number of carboxylic acids is 1. The summed E-state index contributed by atoms with van der Waals surface area (Å²) in [6, 6.07) is 1.57. The monoisotopic (exact) mass is 681 g/mol. The molecule has 2 aliphatic heterocycles. The number of ether oxygens (including phenoxy) is 1. The number of piperazine rings is 1. The SMILES string of the molecule is O=C(O)CC[C@H](NC(=O)c1cc(OCC(=O)N2CCC[C@H]2C(=O)NCCF)n(-c2ccc(F)c(F)c2)n1)C(=O)N1CCN(C(=O)O)CC1. The Morgan fingerprint density at radius 3 is 2.33 bits per heavy atom. The van der Waals surface area contributed by atoms with Crippen LogP contribution in [0.4, 0.5) is 18.0 Å². The van der Waals surface area contributed by atoms with Crippen molar-refractivity contribution in [2.24, 2.45) is 0 Å². The number of aliphatic carboxylic acids is 1. The van der Waals surface area contributed by atoms with Gasteiger partial charge in [-0.2, -0.15) is 5.10 Å². The van der Waals surface area contributed by atoms with Crippen molar-refractivity contribution >= 4 is 35.7 Å². The highest BCUT2D eigenvalue weighted by Gasteiger charge is 2.35. The van der Waals surface area contributed by atoms with Crippen molar-refractivity contribution in [3.63, 3.8) is 0 Å². The maximum absolute atomic E-state index is 14.2. The van der Waals surface area contributed by atoms with Gasteiger partial charge in [0, 0.05) is 57.8 Å². The minimum atomic E-state index is -1.35. The molecule has 2 fully saturated rings. The highest BCUT2D eigenvalue weighted by molar-refractivity contribution is 5.96. The number of hydrogen-bond donors (Lipinski definition) is 4. The molecule has 0 aliphatic carbocycles. The van der Waals surface area contributed by atoms with Gasteiger partial charge in [0.15, 0.2) is 23.9 Å². The average Bonchev–Trinajstić information content (AvgIpc) is 3.73. The Balaban J connectivity index is 1.54. The molecule has 0 unspecified atom stereocenters. The van der Waals surface area contributed by atoms with Crippen LogP contribution in [-0.2, 0) is 19.2 Å². The standard InChI is InChI=1S/C29H34F3N7O9/c30-7-8-33-27(44)22-2-1-9-38(22)23(40)16-48-24-15-21(35-39(24)17-3-4-18(31)19(32)14-17)26(43)34-20(5-6-25(41)42)28(45)36-10-12-37(13-11-36)29(46)47/h3-4,14-15,20,22H,1-2,5-13,16H2,(H,33,44)(H,34,43)(H,41,42)(H,46,47)/t20-,22-/m0/s1. The molecule has 2 aliphatic rings. The van der Waals surface area contributed by atoms with Crippen molar-refractivity contribution in [1.29, 1.82) is 0 Å². The molecule has 0 saturated carbocycles. The molecule has 3 heterocycles. The molecular weight excluding hydrogens is 647 g/mol. The van der Waals surface area contributed by atoms with E-state index in [0.717, 1.165) is 33.8 Å². The molecule has 4 rings (SSSR count). The second-order valence-electron chi connectivity index (χ2n) is 10.9. The van der Waals surface area contributed by atoms with Crippen molar-refractivity contribution in [2.45, 2.75) is 37.8 Å². The first-order valence-corrected chi connectivity index (χ1v) is 15.0. The largest absolute Gasteiger partial charge is 0.481 e. The molecule has 2 atom stereocenters. The summed E-state index contributed by atoms with van der Waals surface area (Å²) in [5.74, 6) is -6.69. The minimum absolute atomic E-state index is 0.0106. The fourth-order valence-corrected chi connectivity index (χ4v) is 5.32. The number of nitrogens with one attached hydrogen (secondary N) is 2. The smallest absolute Gasteiger partial charge is 0.407 e. The lowest BCUT2D eigenvalue weighted by molar-refractivity contribution is -0.140. The Labute approximate surface area is 271 Å². The number of carbonyl (C=O) groups excluding carboxylic acids is 4. The Morgan fingerprint density at radius 2 is 1.69 bits per heavy atom. The summed E-state index contributed by atoms with van der Waals surface area (Å²) < 4.78 is 47.0. The number of nitrogens with zero attached hydrogens (tertiary/aromatic N) is 5. The molecule has 0 radical (unpaired) electrons. The third kappa shape index (κ3) is 8.71. The summed E-state index contributed by atoms with van der Waals surface area (Å²) >= 11 is 0. The number of benzene rings is 1. The molecule has 19 heteroatoms. The summed E-state index contributed by atoms with van der Waals surface area (Å²) in [4.78, 5) is 78.3. The van der Waals surface area contributed by atoms with Gasteiger partial charge in [0.2, 0.25) is 17.7 Å². The van der Waals surface area contributed by atoms with E-state index in [1.807, 2.05) is 0 Å². The van der Waals surface area contributed by atoms with Crippen LogP contribution in [-0.4, -0.2) is 135 Å². The molecular formula is C29H34F3N7O9. The van der Waals surface area contributed by atoms with Gasteiger partial charge in [0.1, 0.15) is 18.8 Å². The number of carboxylic acid groups (broad SMARTS) is 2. The third-order valence-corrected chi connectivity index (χ3v) is 7.78. The third-order valence-electron chi connectivity index (χ3n) is 7.78. The van der Waals surface area contributed by atoms with E-state index in [2.05, 4.69) is 15.7 Å². The van der Waals surface area contributed by atoms with E-state index in [9.17, 15) is 52.2 Å². The highest BCUT2D eigenvalue weighted by atomic mass is 19.2. The van der Waals surface area contributed by atoms with E-state index < -0.39 is 84.8 Å². The van der Waals surface area contributed by atoms with Gasteiger partial charge in [-0.3, -0.25) is 24.0 Å². The number of likely N-dealkylation sites (tertiary alicyclic amines) is 1. The molecule has 2 aromatic rings. The number of amides is 5. The Kier molecular flexibility index (Phi) is 11.8. The molecule has 5 amide bonds. The van der Waals surface area contributed by atoms with Crippen molar-refractivity contribution in [3.8, 4) is 11.6 Å². The fourth-order valence-electron chi connectivity index (χ4n) is 5.32. The topological polar surface area (TPSA) is 204 Å². The number of carbonyl (C=O) groups is 6. The maximum atomic E-state index is 14.2. The van der Waals surface area contributed by atoms with Crippen LogP contribution < -0.4 is 15.4 Å². The second kappa shape index (κ2) is 16.0. The summed E-state index contributed by atoms with van der Waals surface area (Å²) in [5.41, 5.74) is -0.495. The lowest BCUT2D eigenvalue weighted by Crippen LogP contribution is -2.55. The Bertz CT molecular complexity index is 1550. The lowest BCUT2D eigenvalue weighted by atomic mass is 10.1. The Hall–Kier alpha value is -5.36. The van der Waals surface area contributed by atoms with Crippen molar-refractivity contribution in [2.75, 3.05) is 52.6 Å². The van der Waals surface area contributed by atoms with Gasteiger partial charge in [0.05, 0.1) is 5.69 Å². The Morgan fingerprint density at radius 1 is 0.979 bits per heavy atom. The van der Waals surface area contributed by atoms with Crippen LogP contribution in [0.5, 0.6) is 5.88 Å². The number of hydrogen-bond acceptors (Lipinski definition) is 8. The molecule has 4 N–H and O–H groups in total. The first kappa shape index (κ1) is 35.5. The van der Waals surface area contributed by atoms with Crippen LogP contribution in [0.2, 0.25) is 0 Å². The summed E-state index contributed by atoms with van der Waals surface area (Å²) in [6.45, 7) is -1.38. The molecule has 48 heavy (non-hydrogen) atoms. The number of alkyl halides is 1. The van der Waals surface area contributed by atoms with Gasteiger partial charge in [-0.15, -0.1) is 0 Å². The zero-order chi connectivity index (χ0) is 35.0. The number of rotatable bonds is 13. The van der Waals surface area contributed by atoms with E-state index in [1.54, 1.807) is 0 Å². The molecule has 1 aromatic heterocycles. The second-order valence-corrected chi connectivity index (χ2v) is 10.9. The van der Waals surface area contributed by atoms with E-state index in [0.29, 0.717) is 12.8 Å². The van der Waals surface area contributed by atoms with Crippen LogP contribution in [0.1, 0.15) is 36.2 Å². The van der Waals surface area contributed by atoms with Gasteiger partial charge in [-0.25, -0.2) is 22.6 Å². The van der Waals surface area contributed by atoms with Crippen molar-refractivity contribution < 1.29 is 56.9 Å². The first-order valence-electron chi connectivity index (χ1n) is 15.0. The quantitative estimate of drug-likeness (QED) is 0.229. The molecule has 2 saturated heterocycles. The maximum Gasteiger partial charge on any atom is 0.407 e. The summed E-state index contributed by atoms with van der Waals surface area (Å²) in [6.07, 6.45) is -1.11. The van der Waals surface area contributed by atoms with Gasteiger partial charge < -0.3 is 40.3 Å². The normalized spacial score (nSPS) is 16.7. The minimum Gasteiger partial charge on any atom is -0.481 e. The van der Waals surface area contributed by atoms with E-state index in [-0.39, 0.29) is 57.3 Å². The van der Waals surface area contributed by atoms with E-state index in [1.165, 1.54) is 9.80 Å². The van der Waals surface area contributed by atoms with Crippen LogP contribution in [0.3, 0.4) is 0 Å². The fraction of sp³-hybridized carbons (Fsp3) is 0.483. The van der Waals surface area contributed by atoms with Gasteiger partial charge in [-0.1, -0.05) is 0 Å². The lowest BCUT2D eigenvalue weighted by Gasteiger charge is -2.35. The van der Waals surface area contributed by atoms with Crippen molar-refractivity contribution in [1.82, 2.24) is 35.1 Å². The van der Waals surface area contributed by atoms with Gasteiger partial charge >= 0.3 is 12.1 Å². The van der Waals surface area contributed by atoms with Gasteiger partial charge in [0.25, 0.3) is 11.8 Å². The molecule has 260 valence electrons. The molecule has 1 aromatic carbocycles. The highest BCUT2D eigenvalue weighted by Crippen LogP contribution is 2.23. The zero-order valence-corrected chi connectivity index (χ0v) is 25.6. The molecule has 16 nitrogen and oxygen atoms in total.